The van der Waals surface area contributed by atoms with Crippen molar-refractivity contribution in [1.82, 2.24) is 4.90 Å². The first-order valence-corrected chi connectivity index (χ1v) is 13.1. The van der Waals surface area contributed by atoms with E-state index in [1.54, 1.807) is 0 Å². The molecule has 1 unspecified atom stereocenters. The van der Waals surface area contributed by atoms with Crippen LogP contribution in [0.1, 0.15) is 60.8 Å². The average Bonchev–Trinajstić information content (AvgIpc) is 3.58. The number of ether oxygens (including phenoxy) is 2. The Hall–Kier alpha value is -2.10. The smallest absolute Gasteiger partial charge is 0.126 e. The highest BCUT2D eigenvalue weighted by atomic mass is 16.5. The first kappa shape index (κ1) is 20.3. The fourth-order valence-electron chi connectivity index (χ4n) is 7.83. The van der Waals surface area contributed by atoms with Gasteiger partial charge in [0.05, 0.1) is 17.6 Å². The van der Waals surface area contributed by atoms with E-state index in [4.69, 9.17) is 9.47 Å². The van der Waals surface area contributed by atoms with Crippen LogP contribution in [0.2, 0.25) is 0 Å². The number of aryl methyl sites for hydroxylation is 1. The molecule has 3 nitrogen and oxygen atoms in total. The van der Waals surface area contributed by atoms with Crippen molar-refractivity contribution in [3.8, 4) is 5.75 Å². The molecule has 2 heterocycles. The fourth-order valence-corrected chi connectivity index (χ4v) is 7.83. The minimum atomic E-state index is -0.143. The lowest BCUT2D eigenvalue weighted by molar-refractivity contribution is -0.210. The molecule has 2 bridgehead atoms. The Morgan fingerprint density at radius 1 is 1.09 bits per heavy atom. The molecule has 2 saturated carbocycles. The Kier molecular flexibility index (Phi) is 4.58. The SMILES string of the molecule is Cc1ccc2c3c1O[C@H]1CCC[C@@]4(OC/C=C/c5ccccc5)C(C2)N(CC2CC2)CC[C@]314. The maximum Gasteiger partial charge on any atom is 0.126 e. The standard InChI is InChI=1S/C30H35NO2/c1-21-11-14-24-19-25-30(32-18-6-9-22-7-3-2-4-8-22)15-5-10-26-29(30,27(24)28(21)33-26)16-17-31(25)20-23-12-13-23/h2-4,6-9,11,14,23,25-26H,5,10,12-13,15-20H2,1H3/b9-6+/t25?,26-,29+,30+/m0/s1. The Labute approximate surface area is 197 Å². The van der Waals surface area contributed by atoms with Crippen LogP contribution in [0.15, 0.2) is 48.5 Å². The topological polar surface area (TPSA) is 21.7 Å². The lowest BCUT2D eigenvalue weighted by atomic mass is 9.49. The van der Waals surface area contributed by atoms with Crippen LogP contribution in [0, 0.1) is 12.8 Å². The summed E-state index contributed by atoms with van der Waals surface area (Å²) in [5.74, 6) is 2.10. The quantitative estimate of drug-likeness (QED) is 0.575. The van der Waals surface area contributed by atoms with Crippen LogP contribution >= 0.6 is 0 Å². The maximum atomic E-state index is 7.18. The molecule has 7 rings (SSSR count). The zero-order chi connectivity index (χ0) is 22.0. The van der Waals surface area contributed by atoms with Gasteiger partial charge >= 0.3 is 0 Å². The van der Waals surface area contributed by atoms with Crippen molar-refractivity contribution in [2.24, 2.45) is 5.92 Å². The third-order valence-corrected chi connectivity index (χ3v) is 9.39. The predicted octanol–water partition coefficient (Wildman–Crippen LogP) is 5.69. The number of benzene rings is 2. The van der Waals surface area contributed by atoms with Crippen LogP contribution < -0.4 is 4.74 Å². The molecule has 2 aliphatic heterocycles. The molecule has 2 aromatic rings. The van der Waals surface area contributed by atoms with E-state index < -0.39 is 0 Å². The van der Waals surface area contributed by atoms with Crippen LogP contribution in [-0.2, 0) is 16.6 Å². The Morgan fingerprint density at radius 2 is 1.97 bits per heavy atom. The minimum Gasteiger partial charge on any atom is -0.489 e. The van der Waals surface area contributed by atoms with Crippen molar-refractivity contribution in [2.45, 2.75) is 75.0 Å². The highest BCUT2D eigenvalue weighted by molar-refractivity contribution is 5.60. The van der Waals surface area contributed by atoms with Gasteiger partial charge in [0.15, 0.2) is 0 Å². The molecule has 1 saturated heterocycles. The molecule has 172 valence electrons. The zero-order valence-electron chi connectivity index (χ0n) is 19.8. The molecule has 5 aliphatic rings. The van der Waals surface area contributed by atoms with Gasteiger partial charge in [-0.2, -0.15) is 0 Å². The van der Waals surface area contributed by atoms with Gasteiger partial charge in [-0.1, -0.05) is 54.6 Å². The Balaban J connectivity index is 1.30. The summed E-state index contributed by atoms with van der Waals surface area (Å²) in [6.45, 7) is 5.35. The molecule has 3 heteroatoms. The molecule has 3 aliphatic carbocycles. The summed E-state index contributed by atoms with van der Waals surface area (Å²) < 4.78 is 14.0. The van der Waals surface area contributed by atoms with Gasteiger partial charge < -0.3 is 9.47 Å². The number of likely N-dealkylation sites (tertiary alicyclic amines) is 1. The van der Waals surface area contributed by atoms with Crippen molar-refractivity contribution in [1.29, 1.82) is 0 Å². The molecule has 3 fully saturated rings. The van der Waals surface area contributed by atoms with Crippen molar-refractivity contribution >= 4 is 6.08 Å². The first-order valence-electron chi connectivity index (χ1n) is 13.1. The monoisotopic (exact) mass is 441 g/mol. The molecule has 0 amide bonds. The predicted molar refractivity (Wildman–Crippen MR) is 132 cm³/mol. The highest BCUT2D eigenvalue weighted by Crippen LogP contribution is 2.66. The summed E-state index contributed by atoms with van der Waals surface area (Å²) in [4.78, 5) is 2.83. The highest BCUT2D eigenvalue weighted by Gasteiger charge is 2.72. The van der Waals surface area contributed by atoms with E-state index in [0.717, 1.165) is 25.2 Å². The second-order valence-corrected chi connectivity index (χ2v) is 11.1. The molecular formula is C30H35NO2. The zero-order valence-corrected chi connectivity index (χ0v) is 19.8. The summed E-state index contributed by atoms with van der Waals surface area (Å²) in [6.07, 6.45) is 13.3. The van der Waals surface area contributed by atoms with Crippen LogP contribution in [0.5, 0.6) is 5.75 Å². The van der Waals surface area contributed by atoms with Gasteiger partial charge in [-0.05, 0) is 81.0 Å². The van der Waals surface area contributed by atoms with Crippen LogP contribution in [0.25, 0.3) is 6.08 Å². The number of nitrogens with zero attached hydrogens (tertiary/aromatic N) is 1. The van der Waals surface area contributed by atoms with Gasteiger partial charge in [0, 0.05) is 18.2 Å². The second kappa shape index (κ2) is 7.45. The molecule has 0 radical (unpaired) electrons. The lowest BCUT2D eigenvalue weighted by Gasteiger charge is -2.65. The van der Waals surface area contributed by atoms with Gasteiger partial charge in [-0.3, -0.25) is 4.90 Å². The van der Waals surface area contributed by atoms with Gasteiger partial charge in [0.2, 0.25) is 0 Å². The Morgan fingerprint density at radius 3 is 2.82 bits per heavy atom. The number of rotatable bonds is 6. The summed E-state index contributed by atoms with van der Waals surface area (Å²) in [5, 5.41) is 0. The molecule has 33 heavy (non-hydrogen) atoms. The van der Waals surface area contributed by atoms with Crippen LogP contribution in [0.3, 0.4) is 0 Å². The van der Waals surface area contributed by atoms with Crippen molar-refractivity contribution < 1.29 is 9.47 Å². The number of hydrogen-bond donors (Lipinski definition) is 0. The minimum absolute atomic E-state index is 0.0193. The molecule has 2 aromatic carbocycles. The maximum absolute atomic E-state index is 7.18. The summed E-state index contributed by atoms with van der Waals surface area (Å²) >= 11 is 0. The van der Waals surface area contributed by atoms with Crippen LogP contribution in [-0.4, -0.2) is 42.3 Å². The van der Waals surface area contributed by atoms with E-state index in [9.17, 15) is 0 Å². The first-order chi connectivity index (χ1) is 16.2. The van der Waals surface area contributed by atoms with E-state index in [0.29, 0.717) is 12.6 Å². The van der Waals surface area contributed by atoms with E-state index in [1.165, 1.54) is 66.8 Å². The molecule has 1 spiro atoms. The third-order valence-electron chi connectivity index (χ3n) is 9.39. The van der Waals surface area contributed by atoms with E-state index >= 15 is 0 Å². The van der Waals surface area contributed by atoms with Crippen molar-refractivity contribution in [2.75, 3.05) is 19.7 Å². The summed E-state index contributed by atoms with van der Waals surface area (Å²) in [5.41, 5.74) is 5.48. The summed E-state index contributed by atoms with van der Waals surface area (Å²) in [6, 6.07) is 15.7. The molecule has 4 atom stereocenters. The van der Waals surface area contributed by atoms with Gasteiger partial charge in [0.25, 0.3) is 0 Å². The van der Waals surface area contributed by atoms with E-state index in [1.807, 2.05) is 0 Å². The van der Waals surface area contributed by atoms with Crippen molar-refractivity contribution in [3.63, 3.8) is 0 Å². The normalized spacial score (nSPS) is 34.3. The Bertz CT molecular complexity index is 1090. The fraction of sp³-hybridized carbons (Fsp3) is 0.533. The molecule has 0 N–H and O–H groups in total. The largest absolute Gasteiger partial charge is 0.489 e. The number of piperidine rings is 1. The second-order valence-electron chi connectivity index (χ2n) is 11.1. The number of hydrogen-bond acceptors (Lipinski definition) is 3. The van der Waals surface area contributed by atoms with E-state index in [-0.39, 0.29) is 17.1 Å². The van der Waals surface area contributed by atoms with Crippen molar-refractivity contribution in [3.05, 3.63) is 70.8 Å². The summed E-state index contributed by atoms with van der Waals surface area (Å²) in [7, 11) is 0. The van der Waals surface area contributed by atoms with Gasteiger partial charge in [-0.15, -0.1) is 0 Å². The average molecular weight is 442 g/mol. The third kappa shape index (κ3) is 2.88. The van der Waals surface area contributed by atoms with Crippen LogP contribution in [0.4, 0.5) is 0 Å². The van der Waals surface area contributed by atoms with Gasteiger partial charge in [0.1, 0.15) is 11.9 Å². The lowest BCUT2D eigenvalue weighted by Crippen LogP contribution is -2.76. The molecular weight excluding hydrogens is 406 g/mol. The molecule has 0 aromatic heterocycles. The van der Waals surface area contributed by atoms with E-state index in [2.05, 4.69) is 66.4 Å². The van der Waals surface area contributed by atoms with Gasteiger partial charge in [-0.25, -0.2) is 0 Å².